The number of piperidine rings is 2. The Bertz CT molecular complexity index is 698. The number of nitrogens with zero attached hydrogens (tertiary/aromatic N) is 2. The molecule has 0 spiro atoms. The van der Waals surface area contributed by atoms with E-state index in [1.54, 1.807) is 0 Å². The van der Waals surface area contributed by atoms with Crippen LogP contribution in [0.2, 0.25) is 5.02 Å². The van der Waals surface area contributed by atoms with Crippen LogP contribution in [0.1, 0.15) is 44.6 Å². The Morgan fingerprint density at radius 3 is 2.33 bits per heavy atom. The molecule has 0 bridgehead atoms. The Kier molecular flexibility index (Phi) is 8.54. The van der Waals surface area contributed by atoms with E-state index in [9.17, 15) is 9.59 Å². The smallest absolute Gasteiger partial charge is 0.222 e. The van der Waals surface area contributed by atoms with Crippen molar-refractivity contribution < 1.29 is 9.59 Å². The number of likely N-dealkylation sites (tertiary alicyclic amines) is 1. The third kappa shape index (κ3) is 6.43. The summed E-state index contributed by atoms with van der Waals surface area (Å²) in [5.74, 6) is -0.162. The van der Waals surface area contributed by atoms with Crippen molar-refractivity contribution in [3.05, 3.63) is 34.9 Å². The molecule has 2 fully saturated rings. The van der Waals surface area contributed by atoms with Crippen LogP contribution < -0.4 is 11.1 Å². The molecule has 0 unspecified atom stereocenters. The van der Waals surface area contributed by atoms with Crippen LogP contribution in [-0.4, -0.2) is 66.4 Å². The molecule has 7 heteroatoms. The van der Waals surface area contributed by atoms with Gasteiger partial charge in [0.15, 0.2) is 0 Å². The summed E-state index contributed by atoms with van der Waals surface area (Å²) < 4.78 is 0. The van der Waals surface area contributed by atoms with Crippen molar-refractivity contribution in [2.24, 2.45) is 11.7 Å². The molecule has 2 aliphatic heterocycles. The highest BCUT2D eigenvalue weighted by molar-refractivity contribution is 6.30. The molecule has 2 heterocycles. The molecule has 2 amide bonds. The molecular formula is C23H35ClN4O2. The maximum absolute atomic E-state index is 12.7. The number of nitrogens with one attached hydrogen (secondary N) is 1. The first-order chi connectivity index (χ1) is 14.4. The van der Waals surface area contributed by atoms with Gasteiger partial charge in [-0.2, -0.15) is 0 Å². The summed E-state index contributed by atoms with van der Waals surface area (Å²) in [5, 5.41) is 4.14. The SMILES string of the molecule is C[C@H](CN(C1CCNCC1)C1CCN(C(=O)CCc2ccc(Cl)cc2)CC1)C(N)=O. The molecule has 0 saturated carbocycles. The fourth-order valence-electron chi connectivity index (χ4n) is 4.65. The quantitative estimate of drug-likeness (QED) is 0.658. The number of halogens is 1. The number of benzene rings is 1. The minimum atomic E-state index is -0.233. The molecule has 1 aromatic carbocycles. The topological polar surface area (TPSA) is 78.7 Å². The zero-order valence-corrected chi connectivity index (χ0v) is 18.7. The molecule has 166 valence electrons. The number of carbonyl (C=O) groups is 2. The summed E-state index contributed by atoms with van der Waals surface area (Å²) in [6, 6.07) is 8.61. The molecule has 1 aromatic rings. The maximum Gasteiger partial charge on any atom is 0.222 e. The van der Waals surface area contributed by atoms with Crippen molar-refractivity contribution >= 4 is 23.4 Å². The second-order valence-electron chi connectivity index (χ2n) is 8.72. The summed E-state index contributed by atoms with van der Waals surface area (Å²) in [6.45, 7) is 6.26. The molecule has 0 aromatic heterocycles. The van der Waals surface area contributed by atoms with Crippen molar-refractivity contribution in [2.75, 3.05) is 32.7 Å². The highest BCUT2D eigenvalue weighted by Gasteiger charge is 2.33. The van der Waals surface area contributed by atoms with Crippen LogP contribution in [0.4, 0.5) is 0 Å². The van der Waals surface area contributed by atoms with E-state index in [0.717, 1.165) is 75.4 Å². The zero-order valence-electron chi connectivity index (χ0n) is 18.0. The number of amides is 2. The van der Waals surface area contributed by atoms with E-state index in [4.69, 9.17) is 17.3 Å². The van der Waals surface area contributed by atoms with Crippen LogP contribution in [-0.2, 0) is 16.0 Å². The lowest BCUT2D eigenvalue weighted by Crippen LogP contribution is -2.54. The predicted octanol–water partition coefficient (Wildman–Crippen LogP) is 2.44. The van der Waals surface area contributed by atoms with Crippen molar-refractivity contribution in [3.8, 4) is 0 Å². The molecule has 6 nitrogen and oxygen atoms in total. The van der Waals surface area contributed by atoms with Crippen LogP contribution in [0.15, 0.2) is 24.3 Å². The number of nitrogens with two attached hydrogens (primary N) is 1. The van der Waals surface area contributed by atoms with E-state index >= 15 is 0 Å². The number of aryl methyl sites for hydroxylation is 1. The Balaban J connectivity index is 1.52. The number of rotatable bonds is 8. The summed E-state index contributed by atoms with van der Waals surface area (Å²) >= 11 is 5.93. The average molecular weight is 435 g/mol. The minimum absolute atomic E-state index is 0.154. The van der Waals surface area contributed by atoms with Gasteiger partial charge in [0.2, 0.25) is 11.8 Å². The molecule has 0 aliphatic carbocycles. The number of primary amides is 1. The van der Waals surface area contributed by atoms with Gasteiger partial charge in [-0.1, -0.05) is 30.7 Å². The normalized spacial score (nSPS) is 19.8. The Labute approximate surface area is 185 Å². The second kappa shape index (κ2) is 11.1. The Hall–Kier alpha value is -1.63. The van der Waals surface area contributed by atoms with E-state index in [1.807, 2.05) is 36.1 Å². The lowest BCUT2D eigenvalue weighted by atomic mass is 9.95. The van der Waals surface area contributed by atoms with E-state index in [0.29, 0.717) is 18.5 Å². The summed E-state index contributed by atoms with van der Waals surface area (Å²) in [4.78, 5) is 28.9. The molecule has 2 saturated heterocycles. The van der Waals surface area contributed by atoms with Gasteiger partial charge < -0.3 is 16.0 Å². The van der Waals surface area contributed by atoms with Crippen molar-refractivity contribution in [1.82, 2.24) is 15.1 Å². The molecule has 3 rings (SSSR count). The molecule has 30 heavy (non-hydrogen) atoms. The molecule has 1 atom stereocenters. The zero-order chi connectivity index (χ0) is 21.5. The van der Waals surface area contributed by atoms with Gasteiger partial charge in [-0.3, -0.25) is 14.5 Å². The molecule has 3 N–H and O–H groups in total. The van der Waals surface area contributed by atoms with Gasteiger partial charge in [-0.25, -0.2) is 0 Å². The van der Waals surface area contributed by atoms with E-state index in [-0.39, 0.29) is 17.7 Å². The van der Waals surface area contributed by atoms with Gasteiger partial charge in [0, 0.05) is 49.1 Å². The van der Waals surface area contributed by atoms with Crippen LogP contribution in [0.3, 0.4) is 0 Å². The highest BCUT2D eigenvalue weighted by Crippen LogP contribution is 2.24. The summed E-state index contributed by atoms with van der Waals surface area (Å²) in [5.41, 5.74) is 6.70. The number of hydrogen-bond donors (Lipinski definition) is 2. The first kappa shape index (κ1) is 23.0. The number of hydrogen-bond acceptors (Lipinski definition) is 4. The maximum atomic E-state index is 12.7. The fraction of sp³-hybridized carbons (Fsp3) is 0.652. The van der Waals surface area contributed by atoms with E-state index in [1.165, 1.54) is 0 Å². The molecule has 0 radical (unpaired) electrons. The summed E-state index contributed by atoms with van der Waals surface area (Å²) in [6.07, 6.45) is 5.40. The van der Waals surface area contributed by atoms with Crippen LogP contribution >= 0.6 is 11.6 Å². The third-order valence-electron chi connectivity index (χ3n) is 6.58. The average Bonchev–Trinajstić information content (AvgIpc) is 2.77. The van der Waals surface area contributed by atoms with Crippen molar-refractivity contribution in [1.29, 1.82) is 0 Å². The largest absolute Gasteiger partial charge is 0.369 e. The summed E-state index contributed by atoms with van der Waals surface area (Å²) in [7, 11) is 0. The standard InChI is InChI=1S/C23H35ClN4O2/c1-17(23(25)30)16-28(20-8-12-26-13-9-20)21-10-14-27(15-11-21)22(29)7-4-18-2-5-19(24)6-3-18/h2-3,5-6,17,20-21,26H,4,7-16H2,1H3,(H2,25,30)/t17-/m1/s1. The monoisotopic (exact) mass is 434 g/mol. The number of carbonyl (C=O) groups excluding carboxylic acids is 2. The van der Waals surface area contributed by atoms with Gasteiger partial charge in [-0.15, -0.1) is 0 Å². The van der Waals surface area contributed by atoms with Gasteiger partial charge in [0.1, 0.15) is 0 Å². The lowest BCUT2D eigenvalue weighted by molar-refractivity contribution is -0.133. The first-order valence-electron chi connectivity index (χ1n) is 11.2. The van der Waals surface area contributed by atoms with Gasteiger partial charge in [0.05, 0.1) is 0 Å². The van der Waals surface area contributed by atoms with Crippen LogP contribution in [0, 0.1) is 5.92 Å². The first-order valence-corrected chi connectivity index (χ1v) is 11.6. The predicted molar refractivity (Wildman–Crippen MR) is 120 cm³/mol. The van der Waals surface area contributed by atoms with Gasteiger partial charge >= 0.3 is 0 Å². The van der Waals surface area contributed by atoms with Gasteiger partial charge in [0.25, 0.3) is 0 Å². The van der Waals surface area contributed by atoms with Crippen LogP contribution in [0.5, 0.6) is 0 Å². The van der Waals surface area contributed by atoms with Crippen LogP contribution in [0.25, 0.3) is 0 Å². The highest BCUT2D eigenvalue weighted by atomic mass is 35.5. The van der Waals surface area contributed by atoms with Crippen molar-refractivity contribution in [3.63, 3.8) is 0 Å². The second-order valence-corrected chi connectivity index (χ2v) is 9.16. The van der Waals surface area contributed by atoms with E-state index < -0.39 is 0 Å². The van der Waals surface area contributed by atoms with Crippen molar-refractivity contribution in [2.45, 2.75) is 57.5 Å². The minimum Gasteiger partial charge on any atom is -0.369 e. The molecular weight excluding hydrogens is 400 g/mol. The van der Waals surface area contributed by atoms with E-state index in [2.05, 4.69) is 10.2 Å². The lowest BCUT2D eigenvalue weighted by Gasteiger charge is -2.44. The third-order valence-corrected chi connectivity index (χ3v) is 6.83. The fourth-order valence-corrected chi connectivity index (χ4v) is 4.77. The molecule has 2 aliphatic rings. The Morgan fingerprint density at radius 2 is 1.73 bits per heavy atom. The Morgan fingerprint density at radius 1 is 1.13 bits per heavy atom. The van der Waals surface area contributed by atoms with Gasteiger partial charge in [-0.05, 0) is 62.9 Å².